The first kappa shape index (κ1) is 16.6. The Morgan fingerprint density at radius 2 is 2.00 bits per heavy atom. The monoisotopic (exact) mass is 318 g/mol. The van der Waals surface area contributed by atoms with Crippen LogP contribution in [0.3, 0.4) is 0 Å². The van der Waals surface area contributed by atoms with Gasteiger partial charge in [0.05, 0.1) is 0 Å². The highest BCUT2D eigenvalue weighted by atomic mass is 32.2. The lowest BCUT2D eigenvalue weighted by Crippen LogP contribution is -2.03. The molecule has 2 aromatic carbocycles. The number of rotatable bonds is 5. The van der Waals surface area contributed by atoms with Crippen LogP contribution in [0, 0.1) is 19.7 Å². The number of hydrogen-bond acceptors (Lipinski definition) is 3. The van der Waals surface area contributed by atoms with Gasteiger partial charge in [0, 0.05) is 16.9 Å². The van der Waals surface area contributed by atoms with Crippen LogP contribution in [0.1, 0.15) is 30.0 Å². The fourth-order valence-corrected chi connectivity index (χ4v) is 2.90. The number of carbonyl (C=O) groups is 1. The first-order valence-corrected chi connectivity index (χ1v) is 8.01. The fourth-order valence-electron chi connectivity index (χ4n) is 2.08. The lowest BCUT2D eigenvalue weighted by atomic mass is 10.1. The maximum atomic E-state index is 14.1. The maximum Gasteiger partial charge on any atom is 0.193 e. The molecule has 2 rings (SSSR count). The normalized spacial score (nSPS) is 10.5. The Morgan fingerprint density at radius 3 is 2.68 bits per heavy atom. The van der Waals surface area contributed by atoms with Crippen molar-refractivity contribution in [2.45, 2.75) is 38.7 Å². The van der Waals surface area contributed by atoms with Gasteiger partial charge in [-0.3, -0.25) is 4.79 Å². The number of carbonyl (C=O) groups excluding carboxylic acids is 1. The van der Waals surface area contributed by atoms with E-state index in [1.54, 1.807) is 19.1 Å². The molecule has 22 heavy (non-hydrogen) atoms. The summed E-state index contributed by atoms with van der Waals surface area (Å²) in [5, 5.41) is 0.0124. The molecule has 0 N–H and O–H groups in total. The zero-order valence-corrected chi connectivity index (χ0v) is 13.8. The Labute approximate surface area is 134 Å². The number of thioether (sulfide) groups is 1. The Bertz CT molecular complexity index is 683. The summed E-state index contributed by atoms with van der Waals surface area (Å²) in [7, 11) is 0. The van der Waals surface area contributed by atoms with Crippen molar-refractivity contribution < 1.29 is 13.9 Å². The van der Waals surface area contributed by atoms with Crippen molar-refractivity contribution in [2.24, 2.45) is 0 Å². The molecule has 4 heteroatoms. The highest BCUT2D eigenvalue weighted by Gasteiger charge is 2.13. The van der Waals surface area contributed by atoms with E-state index >= 15 is 0 Å². The van der Waals surface area contributed by atoms with Crippen molar-refractivity contribution in [2.75, 3.05) is 0 Å². The predicted octanol–water partition coefficient (Wildman–Crippen LogP) is 5.05. The molecule has 0 bridgehead atoms. The second-order valence-electron chi connectivity index (χ2n) is 5.10. The molecule has 0 saturated carbocycles. The molecule has 2 aromatic rings. The van der Waals surface area contributed by atoms with E-state index in [9.17, 15) is 9.18 Å². The molecule has 0 aliphatic rings. The predicted molar refractivity (Wildman–Crippen MR) is 87.8 cm³/mol. The van der Waals surface area contributed by atoms with Crippen LogP contribution >= 0.6 is 11.8 Å². The van der Waals surface area contributed by atoms with Gasteiger partial charge in [-0.15, -0.1) is 0 Å². The van der Waals surface area contributed by atoms with Crippen LogP contribution in [0.25, 0.3) is 0 Å². The summed E-state index contributed by atoms with van der Waals surface area (Å²) in [6.07, 6.45) is 0.415. The molecule has 0 aromatic heterocycles. The van der Waals surface area contributed by atoms with E-state index in [-0.39, 0.29) is 17.5 Å². The van der Waals surface area contributed by atoms with E-state index in [0.717, 1.165) is 28.6 Å². The van der Waals surface area contributed by atoms with Gasteiger partial charge in [-0.2, -0.15) is 0 Å². The molecule has 0 aliphatic heterocycles. The summed E-state index contributed by atoms with van der Waals surface area (Å²) in [6.45, 7) is 5.87. The van der Waals surface area contributed by atoms with Gasteiger partial charge in [0.1, 0.15) is 18.2 Å². The molecule has 0 fully saturated rings. The van der Waals surface area contributed by atoms with Gasteiger partial charge < -0.3 is 4.74 Å². The smallest absolute Gasteiger partial charge is 0.193 e. The molecule has 0 unspecified atom stereocenters. The number of halogens is 1. The lowest BCUT2D eigenvalue weighted by molar-refractivity contribution is -0.110. The van der Waals surface area contributed by atoms with Gasteiger partial charge in [0.25, 0.3) is 0 Å². The SMILES string of the molecule is CCC(=O)Sc1cccc(F)c1COc1ccc(C)cc1C. The third-order valence-corrected chi connectivity index (χ3v) is 4.41. The van der Waals surface area contributed by atoms with Crippen molar-refractivity contribution in [1.82, 2.24) is 0 Å². The van der Waals surface area contributed by atoms with E-state index < -0.39 is 0 Å². The van der Waals surface area contributed by atoms with E-state index in [1.165, 1.54) is 6.07 Å². The van der Waals surface area contributed by atoms with Gasteiger partial charge in [-0.1, -0.05) is 42.4 Å². The van der Waals surface area contributed by atoms with E-state index in [0.29, 0.717) is 16.9 Å². The van der Waals surface area contributed by atoms with Gasteiger partial charge in [-0.05, 0) is 37.6 Å². The van der Waals surface area contributed by atoms with Crippen LogP contribution in [-0.2, 0) is 11.4 Å². The third kappa shape index (κ3) is 4.10. The lowest BCUT2D eigenvalue weighted by Gasteiger charge is -2.13. The molecule has 0 spiro atoms. The summed E-state index contributed by atoms with van der Waals surface area (Å²) in [5.41, 5.74) is 2.59. The minimum atomic E-state index is -0.348. The Hall–Kier alpha value is -1.81. The second kappa shape index (κ2) is 7.45. The largest absolute Gasteiger partial charge is 0.488 e. The van der Waals surface area contributed by atoms with Crippen molar-refractivity contribution in [3.8, 4) is 5.75 Å². The quantitative estimate of drug-likeness (QED) is 0.722. The minimum absolute atomic E-state index is 0.0124. The van der Waals surface area contributed by atoms with E-state index in [2.05, 4.69) is 0 Å². The van der Waals surface area contributed by atoms with E-state index in [4.69, 9.17) is 4.74 Å². The summed E-state index contributed by atoms with van der Waals surface area (Å²) in [5.74, 6) is 0.380. The minimum Gasteiger partial charge on any atom is -0.488 e. The van der Waals surface area contributed by atoms with Crippen LogP contribution in [-0.4, -0.2) is 5.12 Å². The molecule has 116 valence electrons. The zero-order chi connectivity index (χ0) is 16.1. The summed E-state index contributed by atoms with van der Waals surface area (Å²) < 4.78 is 19.8. The molecule has 0 aliphatic carbocycles. The highest BCUT2D eigenvalue weighted by Crippen LogP contribution is 2.28. The fraction of sp³-hybridized carbons (Fsp3) is 0.278. The van der Waals surface area contributed by atoms with Crippen LogP contribution in [0.5, 0.6) is 5.75 Å². The molecule has 0 radical (unpaired) electrons. The molecular formula is C18H19FO2S. The van der Waals surface area contributed by atoms with Crippen LogP contribution in [0.15, 0.2) is 41.3 Å². The molecule has 2 nitrogen and oxygen atoms in total. The first-order chi connectivity index (χ1) is 10.5. The zero-order valence-electron chi connectivity index (χ0n) is 13.0. The van der Waals surface area contributed by atoms with Crippen molar-refractivity contribution in [3.05, 3.63) is 58.9 Å². The molecule has 0 heterocycles. The maximum absolute atomic E-state index is 14.1. The first-order valence-electron chi connectivity index (χ1n) is 7.19. The molecular weight excluding hydrogens is 299 g/mol. The van der Waals surface area contributed by atoms with Crippen LogP contribution in [0.4, 0.5) is 4.39 Å². The van der Waals surface area contributed by atoms with Gasteiger partial charge >= 0.3 is 0 Å². The number of benzene rings is 2. The Morgan fingerprint density at radius 1 is 1.23 bits per heavy atom. The standard InChI is InChI=1S/C18H19FO2S/c1-4-18(20)22-17-7-5-6-15(19)14(17)11-21-16-9-8-12(2)10-13(16)3/h5-10H,4,11H2,1-3H3. The highest BCUT2D eigenvalue weighted by molar-refractivity contribution is 8.13. The van der Waals surface area contributed by atoms with Gasteiger partial charge in [-0.25, -0.2) is 4.39 Å². The number of ether oxygens (including phenoxy) is 1. The summed E-state index contributed by atoms with van der Waals surface area (Å²) >= 11 is 1.07. The van der Waals surface area contributed by atoms with Gasteiger partial charge in [0.15, 0.2) is 5.12 Å². The third-order valence-electron chi connectivity index (χ3n) is 3.29. The molecule has 0 atom stereocenters. The van der Waals surface area contributed by atoms with Crippen molar-refractivity contribution in [1.29, 1.82) is 0 Å². The topological polar surface area (TPSA) is 26.3 Å². The van der Waals surface area contributed by atoms with Crippen molar-refractivity contribution in [3.63, 3.8) is 0 Å². The summed E-state index contributed by atoms with van der Waals surface area (Å²) in [4.78, 5) is 12.2. The Balaban J connectivity index is 2.19. The molecule has 0 amide bonds. The summed E-state index contributed by atoms with van der Waals surface area (Å²) in [6, 6.07) is 10.6. The van der Waals surface area contributed by atoms with Gasteiger partial charge in [0.2, 0.25) is 0 Å². The Kier molecular flexibility index (Phi) is 5.61. The average Bonchev–Trinajstić information content (AvgIpc) is 2.48. The van der Waals surface area contributed by atoms with Crippen LogP contribution < -0.4 is 4.74 Å². The molecule has 0 saturated heterocycles. The van der Waals surface area contributed by atoms with Crippen LogP contribution in [0.2, 0.25) is 0 Å². The number of hydrogen-bond donors (Lipinski definition) is 0. The van der Waals surface area contributed by atoms with E-state index in [1.807, 2.05) is 32.0 Å². The average molecular weight is 318 g/mol. The van der Waals surface area contributed by atoms with Crippen molar-refractivity contribution >= 4 is 16.9 Å². The number of aryl methyl sites for hydroxylation is 2. The second-order valence-corrected chi connectivity index (χ2v) is 6.20.